The first kappa shape index (κ1) is 22.1. The van der Waals surface area contributed by atoms with E-state index in [0.29, 0.717) is 31.0 Å². The number of piperidine rings is 1. The fourth-order valence-electron chi connectivity index (χ4n) is 4.81. The van der Waals surface area contributed by atoms with Crippen LogP contribution in [0.3, 0.4) is 0 Å². The van der Waals surface area contributed by atoms with Crippen molar-refractivity contribution in [2.75, 3.05) is 13.1 Å². The van der Waals surface area contributed by atoms with Gasteiger partial charge in [0.15, 0.2) is 0 Å². The normalized spacial score (nSPS) is 25.6. The van der Waals surface area contributed by atoms with E-state index in [4.69, 9.17) is 11.6 Å². The quantitative estimate of drug-likeness (QED) is 0.759. The molecule has 1 heterocycles. The molecule has 1 aliphatic carbocycles. The van der Waals surface area contributed by atoms with Gasteiger partial charge in [-0.2, -0.15) is 0 Å². The minimum absolute atomic E-state index is 0.0108. The Balaban J connectivity index is 1.69. The Morgan fingerprint density at radius 2 is 1.86 bits per heavy atom. The van der Waals surface area contributed by atoms with E-state index < -0.39 is 17.1 Å². The number of carbonyl (C=O) groups excluding carboxylic acids is 2. The molecule has 2 N–H and O–H groups in total. The Morgan fingerprint density at radius 3 is 2.41 bits per heavy atom. The molecule has 1 aromatic rings. The third-order valence-electron chi connectivity index (χ3n) is 6.83. The average Bonchev–Trinajstić information content (AvgIpc) is 3.23. The van der Waals surface area contributed by atoms with Crippen LogP contribution in [0.2, 0.25) is 5.02 Å². The number of nitrogens with zero attached hydrogens (tertiary/aromatic N) is 1. The van der Waals surface area contributed by atoms with Crippen molar-refractivity contribution in [2.45, 2.75) is 70.9 Å². The first-order valence-electron chi connectivity index (χ1n) is 10.8. The summed E-state index contributed by atoms with van der Waals surface area (Å²) in [6.45, 7) is 6.78. The molecule has 160 valence electrons. The lowest BCUT2D eigenvalue weighted by molar-refractivity contribution is -0.156. The van der Waals surface area contributed by atoms with Gasteiger partial charge in [-0.25, -0.2) is 0 Å². The van der Waals surface area contributed by atoms with Gasteiger partial charge in [0, 0.05) is 29.4 Å². The largest absolute Gasteiger partial charge is 0.384 e. The number of amides is 2. The topological polar surface area (TPSA) is 69.6 Å². The van der Waals surface area contributed by atoms with Gasteiger partial charge in [-0.05, 0) is 43.4 Å². The summed E-state index contributed by atoms with van der Waals surface area (Å²) in [6.07, 6.45) is 5.03. The van der Waals surface area contributed by atoms with Crippen molar-refractivity contribution in [3.63, 3.8) is 0 Å². The lowest BCUT2D eigenvalue weighted by Gasteiger charge is -2.51. The second kappa shape index (κ2) is 8.65. The smallest absolute Gasteiger partial charge is 0.245 e. The van der Waals surface area contributed by atoms with E-state index in [1.807, 2.05) is 32.9 Å². The van der Waals surface area contributed by atoms with Gasteiger partial charge in [0.05, 0.1) is 5.60 Å². The third kappa shape index (κ3) is 4.46. The van der Waals surface area contributed by atoms with Gasteiger partial charge < -0.3 is 15.3 Å². The predicted octanol–water partition coefficient (Wildman–Crippen LogP) is 3.87. The van der Waals surface area contributed by atoms with E-state index in [1.54, 1.807) is 17.0 Å². The molecule has 1 aromatic carbocycles. The van der Waals surface area contributed by atoms with E-state index in [9.17, 15) is 14.7 Å². The number of carbonyl (C=O) groups is 2. The molecule has 3 rings (SSSR count). The van der Waals surface area contributed by atoms with Crippen molar-refractivity contribution < 1.29 is 14.7 Å². The maximum atomic E-state index is 13.2. The van der Waals surface area contributed by atoms with Crippen molar-refractivity contribution in [2.24, 2.45) is 11.3 Å². The summed E-state index contributed by atoms with van der Waals surface area (Å²) in [5.41, 5.74) is -0.758. The Labute approximate surface area is 178 Å². The number of benzene rings is 1. The number of likely N-dealkylation sites (tertiary alicyclic amines) is 1. The number of aliphatic hydroxyl groups is 1. The van der Waals surface area contributed by atoms with Crippen molar-refractivity contribution in [3.8, 4) is 0 Å². The second-order valence-corrected chi connectivity index (χ2v) is 9.65. The van der Waals surface area contributed by atoms with Gasteiger partial charge in [0.1, 0.15) is 6.04 Å². The molecule has 1 saturated carbocycles. The van der Waals surface area contributed by atoms with Crippen LogP contribution in [0, 0.1) is 11.3 Å². The van der Waals surface area contributed by atoms with Crippen LogP contribution in [0.15, 0.2) is 24.3 Å². The molecule has 0 radical (unpaired) electrons. The van der Waals surface area contributed by atoms with Crippen molar-refractivity contribution in [1.29, 1.82) is 0 Å². The minimum Gasteiger partial charge on any atom is -0.384 e. The van der Waals surface area contributed by atoms with Crippen LogP contribution >= 0.6 is 11.6 Å². The lowest BCUT2D eigenvalue weighted by atomic mass is 9.66. The molecule has 29 heavy (non-hydrogen) atoms. The van der Waals surface area contributed by atoms with E-state index in [0.717, 1.165) is 31.2 Å². The number of hydrogen-bond donors (Lipinski definition) is 2. The predicted molar refractivity (Wildman–Crippen MR) is 115 cm³/mol. The SMILES string of the molecule is CCC(NC(=O)C1CCCC1)C(=O)N1CCC(O)(c2ccc(Cl)cc2)C(C)(C)C1. The summed E-state index contributed by atoms with van der Waals surface area (Å²) in [4.78, 5) is 27.5. The van der Waals surface area contributed by atoms with Crippen LogP contribution in [-0.2, 0) is 15.2 Å². The van der Waals surface area contributed by atoms with Gasteiger partial charge in [-0.1, -0.05) is 57.3 Å². The maximum Gasteiger partial charge on any atom is 0.245 e. The monoisotopic (exact) mass is 420 g/mol. The average molecular weight is 421 g/mol. The molecule has 0 aromatic heterocycles. The van der Waals surface area contributed by atoms with Crippen molar-refractivity contribution in [1.82, 2.24) is 10.2 Å². The molecule has 0 spiro atoms. The van der Waals surface area contributed by atoms with Crippen LogP contribution in [0.4, 0.5) is 0 Å². The highest BCUT2D eigenvalue weighted by atomic mass is 35.5. The van der Waals surface area contributed by atoms with Gasteiger partial charge in [-0.3, -0.25) is 9.59 Å². The summed E-state index contributed by atoms with van der Waals surface area (Å²) in [5.74, 6) is 0.00589. The molecule has 2 aliphatic rings. The van der Waals surface area contributed by atoms with Crippen LogP contribution in [0.5, 0.6) is 0 Å². The Kier molecular flexibility index (Phi) is 6.59. The number of rotatable bonds is 5. The molecule has 0 bridgehead atoms. The summed E-state index contributed by atoms with van der Waals surface area (Å²) >= 11 is 6.00. The van der Waals surface area contributed by atoms with Gasteiger partial charge in [-0.15, -0.1) is 0 Å². The number of nitrogens with one attached hydrogen (secondary N) is 1. The molecule has 1 aliphatic heterocycles. The molecule has 5 nitrogen and oxygen atoms in total. The standard InChI is InChI=1S/C23H33ClN2O3/c1-4-19(25-20(27)16-7-5-6-8-16)21(28)26-14-13-23(29,22(2,3)15-26)17-9-11-18(24)12-10-17/h9-12,16,19,29H,4-8,13-15H2,1-3H3,(H,25,27). The van der Waals surface area contributed by atoms with Gasteiger partial charge in [0.2, 0.25) is 11.8 Å². The molecule has 2 amide bonds. The zero-order chi connectivity index (χ0) is 21.2. The highest BCUT2D eigenvalue weighted by Gasteiger charge is 2.50. The summed E-state index contributed by atoms with van der Waals surface area (Å²) in [6, 6.07) is 6.79. The Morgan fingerprint density at radius 1 is 1.24 bits per heavy atom. The van der Waals surface area contributed by atoms with E-state index in [2.05, 4.69) is 5.32 Å². The maximum absolute atomic E-state index is 13.2. The summed E-state index contributed by atoms with van der Waals surface area (Å²) in [7, 11) is 0. The van der Waals surface area contributed by atoms with Gasteiger partial charge >= 0.3 is 0 Å². The highest BCUT2D eigenvalue weighted by Crippen LogP contribution is 2.46. The molecule has 6 heteroatoms. The first-order chi connectivity index (χ1) is 13.7. The lowest BCUT2D eigenvalue weighted by Crippen LogP contribution is -2.59. The molecule has 2 unspecified atom stereocenters. The summed E-state index contributed by atoms with van der Waals surface area (Å²) < 4.78 is 0. The fourth-order valence-corrected chi connectivity index (χ4v) is 4.93. The molecule has 1 saturated heterocycles. The third-order valence-corrected chi connectivity index (χ3v) is 7.08. The van der Waals surface area contributed by atoms with E-state index in [-0.39, 0.29) is 17.7 Å². The van der Waals surface area contributed by atoms with Crippen LogP contribution < -0.4 is 5.32 Å². The highest BCUT2D eigenvalue weighted by molar-refractivity contribution is 6.30. The second-order valence-electron chi connectivity index (χ2n) is 9.21. The van der Waals surface area contributed by atoms with E-state index in [1.165, 1.54) is 0 Å². The van der Waals surface area contributed by atoms with Crippen molar-refractivity contribution >= 4 is 23.4 Å². The molecule has 2 fully saturated rings. The van der Waals surface area contributed by atoms with E-state index >= 15 is 0 Å². The van der Waals surface area contributed by atoms with Crippen LogP contribution in [0.25, 0.3) is 0 Å². The number of hydrogen-bond acceptors (Lipinski definition) is 3. The Hall–Kier alpha value is -1.59. The zero-order valence-corrected chi connectivity index (χ0v) is 18.5. The zero-order valence-electron chi connectivity index (χ0n) is 17.7. The molecular weight excluding hydrogens is 388 g/mol. The Bertz CT molecular complexity index is 743. The van der Waals surface area contributed by atoms with Gasteiger partial charge in [0.25, 0.3) is 0 Å². The van der Waals surface area contributed by atoms with Crippen LogP contribution in [0.1, 0.15) is 64.9 Å². The number of halogens is 1. The molecule has 2 atom stereocenters. The minimum atomic E-state index is -1.04. The summed E-state index contributed by atoms with van der Waals surface area (Å²) in [5, 5.41) is 15.1. The van der Waals surface area contributed by atoms with Crippen LogP contribution in [-0.4, -0.2) is 41.0 Å². The molecular formula is C23H33ClN2O3. The fraction of sp³-hybridized carbons (Fsp3) is 0.652. The first-order valence-corrected chi connectivity index (χ1v) is 11.1. The van der Waals surface area contributed by atoms with Crippen molar-refractivity contribution in [3.05, 3.63) is 34.9 Å².